The molecule has 0 rings (SSSR count). The number of hydrogen-bond acceptors (Lipinski definition) is 0. The zero-order chi connectivity index (χ0) is 9.71. The highest BCUT2D eigenvalue weighted by Gasteiger charge is 2.20. The highest BCUT2D eigenvalue weighted by molar-refractivity contribution is 7.38. The summed E-state index contributed by atoms with van der Waals surface area (Å²) < 4.78 is 39.0. The van der Waals surface area contributed by atoms with Crippen molar-refractivity contribution in [3.63, 3.8) is 0 Å². The lowest BCUT2D eigenvalue weighted by Gasteiger charge is -2.12. The van der Waals surface area contributed by atoms with Crippen LogP contribution >= 0.6 is 8.58 Å². The average Bonchev–Trinajstić information content (AvgIpc) is 1.59. The molecule has 0 saturated carbocycles. The Bertz CT molecular complexity index is 89.6. The first kappa shape index (κ1) is 13.8. The minimum atomic E-state index is -6.00. The minimum Gasteiger partial charge on any atom is -0.418 e. The molecule has 0 bridgehead atoms. The third kappa shape index (κ3) is 66.7. The molecule has 0 radical (unpaired) electrons. The van der Waals surface area contributed by atoms with Crippen molar-refractivity contribution in [1.82, 2.24) is 0 Å². The summed E-state index contributed by atoms with van der Waals surface area (Å²) in [5, 5.41) is 0.569. The second-order valence-corrected chi connectivity index (χ2v) is 4.99. The normalized spacial score (nSPS) is 13.1. The van der Waals surface area contributed by atoms with Gasteiger partial charge in [-0.05, 0) is 11.8 Å². The van der Waals surface area contributed by atoms with Crippen LogP contribution in [-0.2, 0) is 0 Å². The summed E-state index contributed by atoms with van der Waals surface area (Å²) in [5.41, 5.74) is 0. The maximum atomic E-state index is 9.75. The molecule has 0 aliphatic heterocycles. The second-order valence-electron chi connectivity index (χ2n) is 2.99. The maximum Gasteiger partial charge on any atom is 0.673 e. The molecule has 1 atom stereocenters. The van der Waals surface area contributed by atoms with Gasteiger partial charge in [-0.1, -0.05) is 20.8 Å². The largest absolute Gasteiger partial charge is 0.673 e. The van der Waals surface area contributed by atoms with Crippen LogP contribution in [0.5, 0.6) is 0 Å². The summed E-state index contributed by atoms with van der Waals surface area (Å²) in [7, 11) is -4.93. The van der Waals surface area contributed by atoms with E-state index in [2.05, 4.69) is 27.4 Å². The fourth-order valence-electron chi connectivity index (χ4n) is 0. The predicted molar refractivity (Wildman–Crippen MR) is 44.2 cm³/mol. The second kappa shape index (κ2) is 4.97. The van der Waals surface area contributed by atoms with Gasteiger partial charge in [0.15, 0.2) is 0 Å². The average molecular weight is 191 g/mol. The van der Waals surface area contributed by atoms with Crippen LogP contribution in [0.4, 0.5) is 17.3 Å². The number of halogens is 4. The van der Waals surface area contributed by atoms with Gasteiger partial charge in [0.25, 0.3) is 0 Å². The number of rotatable bonds is 0. The zero-order valence-corrected chi connectivity index (χ0v) is 8.09. The third-order valence-electron chi connectivity index (χ3n) is 0.750. The van der Waals surface area contributed by atoms with Gasteiger partial charge in [-0.25, -0.2) is 0 Å². The molecule has 0 fully saturated rings. The van der Waals surface area contributed by atoms with Crippen LogP contribution in [0, 0.1) is 0 Å². The van der Waals surface area contributed by atoms with Crippen LogP contribution in [0.2, 0.25) is 0 Å². The molecule has 0 spiro atoms. The van der Waals surface area contributed by atoms with Gasteiger partial charge < -0.3 is 17.3 Å². The van der Waals surface area contributed by atoms with Crippen LogP contribution in [-0.4, -0.2) is 19.1 Å². The van der Waals surface area contributed by atoms with E-state index >= 15 is 0 Å². The summed E-state index contributed by atoms with van der Waals surface area (Å²) in [6.07, 6.45) is 0. The third-order valence-corrected chi connectivity index (χ3v) is 2.25. The molecule has 0 aliphatic carbocycles. The molecule has 0 aliphatic rings. The Hall–Kier alpha value is 0.215. The zero-order valence-electron chi connectivity index (χ0n) is 7.09. The Morgan fingerprint density at radius 3 is 1.09 bits per heavy atom. The fourth-order valence-corrected chi connectivity index (χ4v) is 0. The predicted octanol–water partition coefficient (Wildman–Crippen LogP) is 3.39. The lowest BCUT2D eigenvalue weighted by molar-refractivity contribution is 0.368. The molecule has 11 heavy (non-hydrogen) atoms. The molecular formula is C5H13BF4P-. The van der Waals surface area contributed by atoms with E-state index in [9.17, 15) is 17.3 Å². The van der Waals surface area contributed by atoms with E-state index in [1.807, 2.05) is 0 Å². The summed E-state index contributed by atoms with van der Waals surface area (Å²) in [6.45, 7) is 9.00. The van der Waals surface area contributed by atoms with Crippen molar-refractivity contribution in [2.24, 2.45) is 0 Å². The van der Waals surface area contributed by atoms with Gasteiger partial charge >= 0.3 is 7.25 Å². The summed E-state index contributed by atoms with van der Waals surface area (Å²) in [5.74, 6) is 0. The van der Waals surface area contributed by atoms with Gasteiger partial charge in [0, 0.05) is 0 Å². The molecule has 70 valence electrons. The highest BCUT2D eigenvalue weighted by Crippen LogP contribution is 2.25. The van der Waals surface area contributed by atoms with Crippen LogP contribution in [0.15, 0.2) is 0 Å². The van der Waals surface area contributed by atoms with Gasteiger partial charge in [-0.2, -0.15) is 0 Å². The van der Waals surface area contributed by atoms with Crippen LogP contribution in [0.3, 0.4) is 0 Å². The van der Waals surface area contributed by atoms with Crippen LogP contribution in [0.1, 0.15) is 20.8 Å². The Labute approximate surface area is 66.6 Å². The van der Waals surface area contributed by atoms with E-state index in [1.54, 1.807) is 0 Å². The standard InChI is InChI=1S/C5H13P.BF4/c1-5(2,3)6-4;2-1(3,4)5/h6H,1-4H3;/q;-1. The van der Waals surface area contributed by atoms with E-state index < -0.39 is 7.25 Å². The smallest absolute Gasteiger partial charge is 0.418 e. The van der Waals surface area contributed by atoms with E-state index in [-0.39, 0.29) is 0 Å². The molecule has 0 N–H and O–H groups in total. The van der Waals surface area contributed by atoms with Crippen LogP contribution in [0.25, 0.3) is 0 Å². The Morgan fingerprint density at radius 2 is 1.09 bits per heavy atom. The lowest BCUT2D eigenvalue weighted by Crippen LogP contribution is -2.02. The van der Waals surface area contributed by atoms with Crippen molar-refractivity contribution in [2.45, 2.75) is 25.9 Å². The molecule has 0 saturated heterocycles. The molecule has 0 amide bonds. The summed E-state index contributed by atoms with van der Waals surface area (Å²) in [6, 6.07) is 0. The first-order chi connectivity index (χ1) is 4.56. The van der Waals surface area contributed by atoms with E-state index in [4.69, 9.17) is 0 Å². The molecule has 0 aromatic rings. The van der Waals surface area contributed by atoms with Crippen LogP contribution < -0.4 is 0 Å². The SMILES string of the molecule is CPC(C)(C)C.F[B-](F)(F)F. The topological polar surface area (TPSA) is 0 Å². The van der Waals surface area contributed by atoms with E-state index in [0.29, 0.717) is 5.16 Å². The molecule has 0 aromatic heterocycles. The maximum absolute atomic E-state index is 9.75. The Balaban J connectivity index is 0. The van der Waals surface area contributed by atoms with Crippen molar-refractivity contribution >= 4 is 15.8 Å². The highest BCUT2D eigenvalue weighted by atomic mass is 31.1. The first-order valence-corrected chi connectivity index (χ1v) is 4.62. The fraction of sp³-hybridized carbons (Fsp3) is 1.00. The molecular weight excluding hydrogens is 178 g/mol. The number of hydrogen-bond donors (Lipinski definition) is 0. The van der Waals surface area contributed by atoms with Crippen molar-refractivity contribution in [3.05, 3.63) is 0 Å². The lowest BCUT2D eigenvalue weighted by atomic mass is 10.3. The van der Waals surface area contributed by atoms with Crippen molar-refractivity contribution in [3.8, 4) is 0 Å². The Kier molecular flexibility index (Phi) is 6.22. The first-order valence-electron chi connectivity index (χ1n) is 3.12. The molecule has 0 aromatic carbocycles. The van der Waals surface area contributed by atoms with E-state index in [1.165, 1.54) is 0 Å². The summed E-state index contributed by atoms with van der Waals surface area (Å²) in [4.78, 5) is 0. The van der Waals surface area contributed by atoms with Crippen molar-refractivity contribution < 1.29 is 17.3 Å². The Morgan fingerprint density at radius 1 is 1.00 bits per heavy atom. The van der Waals surface area contributed by atoms with Crippen molar-refractivity contribution in [1.29, 1.82) is 0 Å². The van der Waals surface area contributed by atoms with Gasteiger partial charge in [0.1, 0.15) is 0 Å². The van der Waals surface area contributed by atoms with Gasteiger partial charge in [-0.15, -0.1) is 8.58 Å². The monoisotopic (exact) mass is 191 g/mol. The molecule has 0 heterocycles. The quantitative estimate of drug-likeness (QED) is 0.312. The van der Waals surface area contributed by atoms with Crippen molar-refractivity contribution in [2.75, 3.05) is 6.66 Å². The minimum absolute atomic E-state index is 0.569. The molecule has 6 heteroatoms. The molecule has 0 nitrogen and oxygen atoms in total. The van der Waals surface area contributed by atoms with Gasteiger partial charge in [-0.3, -0.25) is 0 Å². The molecule has 1 unspecified atom stereocenters. The van der Waals surface area contributed by atoms with E-state index in [0.717, 1.165) is 8.58 Å². The van der Waals surface area contributed by atoms with Gasteiger partial charge in [0.2, 0.25) is 0 Å². The van der Waals surface area contributed by atoms with Gasteiger partial charge in [0.05, 0.1) is 0 Å². The summed E-state index contributed by atoms with van der Waals surface area (Å²) >= 11 is 0.